The zero-order chi connectivity index (χ0) is 46.7. The van der Waals surface area contributed by atoms with E-state index in [4.69, 9.17) is 0 Å². The second-order valence-corrected chi connectivity index (χ2v) is 20.3. The van der Waals surface area contributed by atoms with E-state index in [-0.39, 0.29) is 0 Å². The monoisotopic (exact) mass is 906 g/mol. The van der Waals surface area contributed by atoms with Crippen LogP contribution in [0.4, 0.5) is 0 Å². The van der Waals surface area contributed by atoms with Crippen molar-refractivity contribution < 1.29 is 25.2 Å². The molecule has 0 rings (SSSR count). The van der Waals surface area contributed by atoms with Crippen molar-refractivity contribution in [3.05, 3.63) is 12.2 Å². The van der Waals surface area contributed by atoms with E-state index in [2.05, 4.69) is 31.3 Å². The molecule has 0 aliphatic heterocycles. The van der Waals surface area contributed by atoms with Crippen molar-refractivity contribution in [1.29, 1.82) is 0 Å². The molecule has 0 heterocycles. The van der Waals surface area contributed by atoms with Crippen LogP contribution in [0.15, 0.2) is 12.2 Å². The quantitative estimate of drug-likeness (QED) is 0.0308. The summed E-state index contributed by atoms with van der Waals surface area (Å²) in [6.45, 7) is 4.09. The SMILES string of the molecule is CCCCCCCCCCCCCC/C=C\CCCCCCCCCCCCCCCCC(O)C(=O)NC(CO)C(O)C(O)CCCCCCCCCCCCCCCCCCCC. The Kier molecular flexibility index (Phi) is 52.2. The highest BCUT2D eigenvalue weighted by atomic mass is 16.3. The van der Waals surface area contributed by atoms with Crippen molar-refractivity contribution in [3.63, 3.8) is 0 Å². The highest BCUT2D eigenvalue weighted by Gasteiger charge is 2.28. The van der Waals surface area contributed by atoms with Gasteiger partial charge in [0.2, 0.25) is 5.91 Å². The third kappa shape index (κ3) is 46.2. The number of allylic oxidation sites excluding steroid dienone is 2. The molecule has 0 bridgehead atoms. The van der Waals surface area contributed by atoms with Gasteiger partial charge in [0.15, 0.2) is 0 Å². The van der Waals surface area contributed by atoms with Crippen LogP contribution in [0.3, 0.4) is 0 Å². The number of amides is 1. The lowest BCUT2D eigenvalue weighted by Gasteiger charge is -2.27. The first-order valence-electron chi connectivity index (χ1n) is 29.1. The molecule has 0 aliphatic carbocycles. The smallest absolute Gasteiger partial charge is 0.249 e. The van der Waals surface area contributed by atoms with E-state index in [9.17, 15) is 25.2 Å². The highest BCUT2D eigenvalue weighted by molar-refractivity contribution is 5.80. The van der Waals surface area contributed by atoms with Gasteiger partial charge in [-0.15, -0.1) is 0 Å². The fourth-order valence-corrected chi connectivity index (χ4v) is 9.40. The van der Waals surface area contributed by atoms with Crippen LogP contribution in [0.5, 0.6) is 0 Å². The molecule has 5 N–H and O–H groups in total. The fraction of sp³-hybridized carbons (Fsp3) is 0.948. The van der Waals surface area contributed by atoms with E-state index in [1.54, 1.807) is 0 Å². The van der Waals surface area contributed by atoms with E-state index in [1.165, 1.54) is 257 Å². The van der Waals surface area contributed by atoms with Gasteiger partial charge in [-0.2, -0.15) is 0 Å². The van der Waals surface area contributed by atoms with E-state index < -0.39 is 36.9 Å². The molecule has 1 amide bonds. The van der Waals surface area contributed by atoms with Crippen molar-refractivity contribution in [3.8, 4) is 0 Å². The zero-order valence-electron chi connectivity index (χ0n) is 43.3. The molecule has 6 nitrogen and oxygen atoms in total. The van der Waals surface area contributed by atoms with Crippen LogP contribution < -0.4 is 5.32 Å². The molecule has 0 aromatic carbocycles. The number of nitrogens with one attached hydrogen (secondary N) is 1. The summed E-state index contributed by atoms with van der Waals surface area (Å²) in [6.07, 6.45) is 62.9. The summed E-state index contributed by atoms with van der Waals surface area (Å²) in [4.78, 5) is 12.6. The Morgan fingerprint density at radius 2 is 0.625 bits per heavy atom. The lowest BCUT2D eigenvalue weighted by molar-refractivity contribution is -0.132. The van der Waals surface area contributed by atoms with Crippen LogP contribution in [-0.2, 0) is 4.79 Å². The molecule has 0 saturated carbocycles. The van der Waals surface area contributed by atoms with Gasteiger partial charge in [0.1, 0.15) is 12.2 Å². The lowest BCUT2D eigenvalue weighted by atomic mass is 9.99. The summed E-state index contributed by atoms with van der Waals surface area (Å²) >= 11 is 0. The van der Waals surface area contributed by atoms with Crippen LogP contribution in [0.25, 0.3) is 0 Å². The van der Waals surface area contributed by atoms with Crippen molar-refractivity contribution in [2.24, 2.45) is 0 Å². The minimum Gasteiger partial charge on any atom is -0.394 e. The number of carbonyl (C=O) groups excluding carboxylic acids is 1. The molecule has 4 atom stereocenters. The van der Waals surface area contributed by atoms with E-state index in [0.29, 0.717) is 12.8 Å². The summed E-state index contributed by atoms with van der Waals surface area (Å²) in [5.41, 5.74) is 0. The number of carbonyl (C=O) groups is 1. The summed E-state index contributed by atoms with van der Waals surface area (Å²) in [7, 11) is 0. The van der Waals surface area contributed by atoms with Crippen molar-refractivity contribution in [2.75, 3.05) is 6.61 Å². The molecule has 0 aromatic heterocycles. The van der Waals surface area contributed by atoms with Crippen LogP contribution in [0, 0.1) is 0 Å². The van der Waals surface area contributed by atoms with Gasteiger partial charge < -0.3 is 25.7 Å². The number of hydrogen-bond acceptors (Lipinski definition) is 5. The standard InChI is InChI=1S/C58H115NO5/c1-3-5-7-9-11-13-15-17-19-21-23-24-25-26-27-28-29-30-31-32-33-34-36-38-40-42-44-46-48-50-52-56(62)58(64)59-54(53-60)57(63)55(61)51-49-47-45-43-41-39-37-35-22-20-18-16-14-12-10-8-6-4-2/h26-27,54-57,60-63H,3-25,28-53H2,1-2H3,(H,59,64)/b27-26-. The number of aliphatic hydroxyl groups is 4. The second-order valence-electron chi connectivity index (χ2n) is 20.3. The first-order chi connectivity index (χ1) is 31.5. The number of rotatable bonds is 54. The lowest BCUT2D eigenvalue weighted by Crippen LogP contribution is -2.53. The minimum atomic E-state index is -1.26. The Morgan fingerprint density at radius 1 is 0.375 bits per heavy atom. The zero-order valence-corrected chi connectivity index (χ0v) is 43.3. The summed E-state index contributed by atoms with van der Waals surface area (Å²) in [5, 5.41) is 44.0. The Labute approximate surface area is 400 Å². The Balaban J connectivity index is 3.57. The molecule has 6 heteroatoms. The first kappa shape index (κ1) is 63.0. The summed E-state index contributed by atoms with van der Waals surface area (Å²) < 4.78 is 0. The molecule has 64 heavy (non-hydrogen) atoms. The van der Waals surface area contributed by atoms with Gasteiger partial charge in [-0.3, -0.25) is 4.79 Å². The van der Waals surface area contributed by atoms with Gasteiger partial charge in [0.25, 0.3) is 0 Å². The van der Waals surface area contributed by atoms with Crippen molar-refractivity contribution >= 4 is 5.91 Å². The van der Waals surface area contributed by atoms with Crippen LogP contribution >= 0.6 is 0 Å². The van der Waals surface area contributed by atoms with Gasteiger partial charge in [0.05, 0.1) is 18.8 Å². The van der Waals surface area contributed by atoms with Gasteiger partial charge >= 0.3 is 0 Å². The second kappa shape index (κ2) is 53.0. The first-order valence-corrected chi connectivity index (χ1v) is 29.1. The average molecular weight is 907 g/mol. The number of aliphatic hydroxyl groups excluding tert-OH is 4. The third-order valence-electron chi connectivity index (χ3n) is 14.0. The van der Waals surface area contributed by atoms with Crippen molar-refractivity contribution in [1.82, 2.24) is 5.32 Å². The largest absolute Gasteiger partial charge is 0.394 e. The highest BCUT2D eigenvalue weighted by Crippen LogP contribution is 2.18. The summed E-state index contributed by atoms with van der Waals surface area (Å²) in [5.74, 6) is -0.578. The predicted octanol–water partition coefficient (Wildman–Crippen LogP) is 16.9. The maximum absolute atomic E-state index is 12.6. The molecule has 4 unspecified atom stereocenters. The molecule has 0 spiro atoms. The van der Waals surface area contributed by atoms with Crippen molar-refractivity contribution in [2.45, 2.75) is 346 Å². The molecule has 0 saturated heterocycles. The maximum atomic E-state index is 12.6. The number of unbranched alkanes of at least 4 members (excludes halogenated alkanes) is 43. The Bertz CT molecular complexity index is 928. The average Bonchev–Trinajstić information content (AvgIpc) is 3.30. The van der Waals surface area contributed by atoms with Gasteiger partial charge in [0, 0.05) is 0 Å². The van der Waals surface area contributed by atoms with Crippen LogP contribution in [0.1, 0.15) is 322 Å². The van der Waals surface area contributed by atoms with Crippen LogP contribution in [0.2, 0.25) is 0 Å². The maximum Gasteiger partial charge on any atom is 0.249 e. The molecule has 0 radical (unpaired) electrons. The molecular formula is C58H115NO5. The summed E-state index contributed by atoms with van der Waals surface area (Å²) in [6, 6.07) is -0.983. The molecule has 0 fully saturated rings. The minimum absolute atomic E-state index is 0.373. The van der Waals surface area contributed by atoms with Gasteiger partial charge in [-0.05, 0) is 38.5 Å². The third-order valence-corrected chi connectivity index (χ3v) is 14.0. The van der Waals surface area contributed by atoms with E-state index in [1.807, 2.05) is 0 Å². The molecular weight excluding hydrogens is 791 g/mol. The molecule has 0 aliphatic rings. The van der Waals surface area contributed by atoms with E-state index in [0.717, 1.165) is 38.5 Å². The Morgan fingerprint density at radius 3 is 0.906 bits per heavy atom. The van der Waals surface area contributed by atoms with Crippen LogP contribution in [-0.4, -0.2) is 57.3 Å². The Hall–Kier alpha value is -0.950. The molecule has 382 valence electrons. The van der Waals surface area contributed by atoms with Gasteiger partial charge in [-0.1, -0.05) is 296 Å². The number of hydrogen-bond donors (Lipinski definition) is 5. The predicted molar refractivity (Wildman–Crippen MR) is 279 cm³/mol. The topological polar surface area (TPSA) is 110 Å². The normalized spacial score (nSPS) is 13.8. The fourth-order valence-electron chi connectivity index (χ4n) is 9.40. The molecule has 0 aromatic rings. The van der Waals surface area contributed by atoms with Gasteiger partial charge in [-0.25, -0.2) is 0 Å². The van der Waals surface area contributed by atoms with E-state index >= 15 is 0 Å².